The smallest absolute Gasteiger partial charge is 0.0692 e. The van der Waals surface area contributed by atoms with Crippen LogP contribution in [0, 0.1) is 0 Å². The highest BCUT2D eigenvalue weighted by Gasteiger charge is 2.18. The lowest BCUT2D eigenvalue weighted by Crippen LogP contribution is -2.31. The number of nitrogens with zero attached hydrogens (tertiary/aromatic N) is 3. The van der Waals surface area contributed by atoms with Gasteiger partial charge in [-0.2, -0.15) is 5.10 Å². The van der Waals surface area contributed by atoms with Crippen LogP contribution in [0.4, 0.5) is 0 Å². The molecule has 0 radical (unpaired) electrons. The van der Waals surface area contributed by atoms with Gasteiger partial charge in [-0.25, -0.2) is 0 Å². The van der Waals surface area contributed by atoms with Gasteiger partial charge in [0.25, 0.3) is 0 Å². The summed E-state index contributed by atoms with van der Waals surface area (Å²) in [5.74, 6) is 0. The molecule has 1 unspecified atom stereocenters. The number of aromatic nitrogens is 2. The summed E-state index contributed by atoms with van der Waals surface area (Å²) in [5, 5.41) is 7.97. The fourth-order valence-electron chi connectivity index (χ4n) is 2.32. The summed E-state index contributed by atoms with van der Waals surface area (Å²) >= 11 is 3.61. The van der Waals surface area contributed by atoms with Crippen LogP contribution in [0.25, 0.3) is 0 Å². The first kappa shape index (κ1) is 16.7. The zero-order valence-corrected chi connectivity index (χ0v) is 14.2. The van der Waals surface area contributed by atoms with E-state index in [1.54, 1.807) is 0 Å². The van der Waals surface area contributed by atoms with Crippen LogP contribution in [-0.2, 0) is 7.05 Å². The molecule has 0 spiro atoms. The minimum absolute atomic E-state index is 0.363. The van der Waals surface area contributed by atoms with Gasteiger partial charge in [0.15, 0.2) is 0 Å². The SMILES string of the molecule is CCCNC(CCN(CC)CC)c1c(Br)cnn1C. The molecule has 19 heavy (non-hydrogen) atoms. The Labute approximate surface area is 125 Å². The largest absolute Gasteiger partial charge is 0.309 e. The van der Waals surface area contributed by atoms with Crippen molar-refractivity contribution in [1.29, 1.82) is 0 Å². The van der Waals surface area contributed by atoms with Crippen molar-refractivity contribution in [3.63, 3.8) is 0 Å². The lowest BCUT2D eigenvalue weighted by Gasteiger charge is -2.24. The molecule has 1 N–H and O–H groups in total. The molecule has 0 amide bonds. The van der Waals surface area contributed by atoms with Gasteiger partial charge in [0.1, 0.15) is 0 Å². The van der Waals surface area contributed by atoms with Gasteiger partial charge in [0.05, 0.1) is 22.4 Å². The molecule has 5 heteroatoms. The maximum atomic E-state index is 4.33. The van der Waals surface area contributed by atoms with E-state index in [1.165, 1.54) is 5.69 Å². The topological polar surface area (TPSA) is 33.1 Å². The van der Waals surface area contributed by atoms with Gasteiger partial charge in [-0.15, -0.1) is 0 Å². The first-order valence-electron chi connectivity index (χ1n) is 7.27. The van der Waals surface area contributed by atoms with Gasteiger partial charge in [-0.05, 0) is 55.0 Å². The Bertz CT molecular complexity index is 341. The maximum Gasteiger partial charge on any atom is 0.0692 e. The molecule has 1 rings (SSSR count). The van der Waals surface area contributed by atoms with Crippen LogP contribution < -0.4 is 5.32 Å². The second-order valence-corrected chi connectivity index (χ2v) is 5.68. The summed E-state index contributed by atoms with van der Waals surface area (Å²) in [7, 11) is 2.01. The van der Waals surface area contributed by atoms with E-state index in [0.29, 0.717) is 6.04 Å². The van der Waals surface area contributed by atoms with Crippen molar-refractivity contribution in [3.05, 3.63) is 16.4 Å². The van der Waals surface area contributed by atoms with Gasteiger partial charge in [0.2, 0.25) is 0 Å². The quantitative estimate of drug-likeness (QED) is 0.755. The van der Waals surface area contributed by atoms with Gasteiger partial charge in [-0.3, -0.25) is 4.68 Å². The summed E-state index contributed by atoms with van der Waals surface area (Å²) in [6.45, 7) is 11.0. The zero-order chi connectivity index (χ0) is 14.3. The van der Waals surface area contributed by atoms with E-state index in [4.69, 9.17) is 0 Å². The van der Waals surface area contributed by atoms with Crippen LogP contribution in [0.5, 0.6) is 0 Å². The third-order valence-corrected chi connectivity index (χ3v) is 4.15. The second kappa shape index (κ2) is 8.72. The van der Waals surface area contributed by atoms with Crippen LogP contribution in [0.15, 0.2) is 10.7 Å². The molecule has 1 heterocycles. The molecule has 0 aliphatic rings. The highest BCUT2D eigenvalue weighted by atomic mass is 79.9. The van der Waals surface area contributed by atoms with Crippen molar-refractivity contribution in [2.24, 2.45) is 7.05 Å². The molecule has 0 saturated carbocycles. The van der Waals surface area contributed by atoms with Crippen molar-refractivity contribution in [1.82, 2.24) is 20.0 Å². The monoisotopic (exact) mass is 330 g/mol. The Morgan fingerprint density at radius 3 is 2.53 bits per heavy atom. The standard InChI is InChI=1S/C14H27BrN4/c1-5-9-16-13(8-10-19(6-2)7-3)14-12(15)11-17-18(14)4/h11,13,16H,5-10H2,1-4H3. The summed E-state index contributed by atoms with van der Waals surface area (Å²) in [6.07, 6.45) is 4.14. The summed E-state index contributed by atoms with van der Waals surface area (Å²) in [6, 6.07) is 0.363. The molecule has 0 bridgehead atoms. The van der Waals surface area contributed by atoms with Crippen LogP contribution >= 0.6 is 15.9 Å². The van der Waals surface area contributed by atoms with Crippen LogP contribution in [0.2, 0.25) is 0 Å². The van der Waals surface area contributed by atoms with E-state index in [1.807, 2.05) is 17.9 Å². The van der Waals surface area contributed by atoms with Crippen molar-refractivity contribution in [2.75, 3.05) is 26.2 Å². The van der Waals surface area contributed by atoms with Crippen molar-refractivity contribution >= 4 is 15.9 Å². The number of hydrogen-bond donors (Lipinski definition) is 1. The van der Waals surface area contributed by atoms with Crippen LogP contribution in [0.3, 0.4) is 0 Å². The molecule has 1 atom stereocenters. The van der Waals surface area contributed by atoms with E-state index in [9.17, 15) is 0 Å². The predicted molar refractivity (Wildman–Crippen MR) is 84.3 cm³/mol. The molecule has 0 fully saturated rings. The highest BCUT2D eigenvalue weighted by molar-refractivity contribution is 9.10. The zero-order valence-electron chi connectivity index (χ0n) is 12.6. The lowest BCUT2D eigenvalue weighted by molar-refractivity contribution is 0.279. The number of aryl methyl sites for hydroxylation is 1. The average Bonchev–Trinajstić information content (AvgIpc) is 2.74. The molecule has 1 aromatic heterocycles. The number of hydrogen-bond acceptors (Lipinski definition) is 3. The third kappa shape index (κ3) is 4.89. The average molecular weight is 331 g/mol. The molecular weight excluding hydrogens is 304 g/mol. The van der Waals surface area contributed by atoms with E-state index >= 15 is 0 Å². The minimum Gasteiger partial charge on any atom is -0.309 e. The van der Waals surface area contributed by atoms with E-state index in [0.717, 1.165) is 43.5 Å². The molecule has 0 aromatic carbocycles. The Kier molecular flexibility index (Phi) is 7.64. The first-order valence-corrected chi connectivity index (χ1v) is 8.06. The van der Waals surface area contributed by atoms with Gasteiger partial charge < -0.3 is 10.2 Å². The van der Waals surface area contributed by atoms with Gasteiger partial charge >= 0.3 is 0 Å². The van der Waals surface area contributed by atoms with Crippen molar-refractivity contribution in [2.45, 2.75) is 39.7 Å². The Morgan fingerprint density at radius 2 is 2.05 bits per heavy atom. The van der Waals surface area contributed by atoms with Gasteiger partial charge in [-0.1, -0.05) is 20.8 Å². The van der Waals surface area contributed by atoms with Crippen molar-refractivity contribution < 1.29 is 0 Å². The number of rotatable bonds is 9. The fourth-order valence-corrected chi connectivity index (χ4v) is 2.94. The summed E-state index contributed by atoms with van der Waals surface area (Å²) in [5.41, 5.74) is 1.25. The van der Waals surface area contributed by atoms with Crippen molar-refractivity contribution in [3.8, 4) is 0 Å². The number of nitrogens with one attached hydrogen (secondary N) is 1. The molecule has 0 saturated heterocycles. The predicted octanol–water partition coefficient (Wildman–Crippen LogP) is 2.96. The highest BCUT2D eigenvalue weighted by Crippen LogP contribution is 2.25. The van der Waals surface area contributed by atoms with E-state index < -0.39 is 0 Å². The minimum atomic E-state index is 0.363. The maximum absolute atomic E-state index is 4.33. The number of halogens is 1. The Balaban J connectivity index is 2.72. The Morgan fingerprint density at radius 1 is 1.37 bits per heavy atom. The molecule has 1 aromatic rings. The van der Waals surface area contributed by atoms with E-state index in [2.05, 4.69) is 52.0 Å². The lowest BCUT2D eigenvalue weighted by atomic mass is 10.1. The molecule has 110 valence electrons. The first-order chi connectivity index (χ1) is 9.13. The second-order valence-electron chi connectivity index (χ2n) is 4.82. The molecular formula is C14H27BrN4. The third-order valence-electron chi connectivity index (χ3n) is 3.54. The van der Waals surface area contributed by atoms with E-state index in [-0.39, 0.29) is 0 Å². The van der Waals surface area contributed by atoms with Crippen LogP contribution in [0.1, 0.15) is 45.3 Å². The summed E-state index contributed by atoms with van der Waals surface area (Å²) < 4.78 is 3.07. The molecule has 4 nitrogen and oxygen atoms in total. The molecule has 0 aliphatic carbocycles. The summed E-state index contributed by atoms with van der Waals surface area (Å²) in [4.78, 5) is 2.46. The Hall–Kier alpha value is -0.390. The normalized spacial score (nSPS) is 13.2. The van der Waals surface area contributed by atoms with Gasteiger partial charge in [0, 0.05) is 7.05 Å². The fraction of sp³-hybridized carbons (Fsp3) is 0.786. The molecule has 0 aliphatic heterocycles. The van der Waals surface area contributed by atoms with Crippen LogP contribution in [-0.4, -0.2) is 40.9 Å².